The van der Waals surface area contributed by atoms with Gasteiger partial charge in [-0.25, -0.2) is 4.98 Å². The van der Waals surface area contributed by atoms with Crippen LogP contribution in [-0.4, -0.2) is 21.4 Å². The third-order valence-electron chi connectivity index (χ3n) is 2.29. The minimum atomic E-state index is 0.385. The molecule has 5 heteroatoms. The van der Waals surface area contributed by atoms with Crippen LogP contribution >= 0.6 is 11.5 Å². The van der Waals surface area contributed by atoms with Crippen LogP contribution in [0.15, 0.2) is 0 Å². The molecule has 3 N–H and O–H groups in total. The number of hydrogen-bond acceptors (Lipinski definition) is 5. The number of rotatable bonds is 3. The quantitative estimate of drug-likeness (QED) is 0.760. The lowest BCUT2D eigenvalue weighted by Gasteiger charge is -2.32. The molecule has 0 unspecified atom stereocenters. The van der Waals surface area contributed by atoms with Crippen LogP contribution in [-0.2, 0) is 6.42 Å². The highest BCUT2D eigenvalue weighted by atomic mass is 32.1. The summed E-state index contributed by atoms with van der Waals surface area (Å²) in [6.45, 7) is 2.06. The molecule has 0 saturated heterocycles. The number of aromatic nitrogens is 2. The van der Waals surface area contributed by atoms with Crippen molar-refractivity contribution in [2.45, 2.75) is 38.3 Å². The maximum atomic E-state index is 5.68. The van der Waals surface area contributed by atoms with Crippen molar-refractivity contribution < 1.29 is 0 Å². The van der Waals surface area contributed by atoms with E-state index in [4.69, 9.17) is 5.73 Å². The molecular weight excluding hydrogens is 184 g/mol. The molecule has 72 valence electrons. The zero-order valence-corrected chi connectivity index (χ0v) is 8.47. The fourth-order valence-corrected chi connectivity index (χ4v) is 2.14. The summed E-state index contributed by atoms with van der Waals surface area (Å²) in [6, 6.07) is 0.906. The largest absolute Gasteiger partial charge is 0.357 e. The van der Waals surface area contributed by atoms with Crippen molar-refractivity contribution >= 4 is 16.7 Å². The highest BCUT2D eigenvalue weighted by Gasteiger charge is 2.26. The summed E-state index contributed by atoms with van der Waals surface area (Å²) in [7, 11) is 0. The Bertz CT molecular complexity index is 279. The van der Waals surface area contributed by atoms with Crippen molar-refractivity contribution in [3.05, 3.63) is 5.82 Å². The lowest BCUT2D eigenvalue weighted by molar-refractivity contribution is 0.373. The maximum Gasteiger partial charge on any atom is 0.202 e. The summed E-state index contributed by atoms with van der Waals surface area (Å²) >= 11 is 1.44. The first-order valence-corrected chi connectivity index (χ1v) is 5.40. The first kappa shape index (κ1) is 8.90. The summed E-state index contributed by atoms with van der Waals surface area (Å²) in [5, 5.41) is 4.27. The van der Waals surface area contributed by atoms with Crippen LogP contribution in [0.4, 0.5) is 5.13 Å². The van der Waals surface area contributed by atoms with Crippen molar-refractivity contribution in [2.24, 2.45) is 5.73 Å². The Kier molecular flexibility index (Phi) is 2.46. The van der Waals surface area contributed by atoms with Gasteiger partial charge in [0.15, 0.2) is 0 Å². The topological polar surface area (TPSA) is 63.8 Å². The minimum Gasteiger partial charge on any atom is -0.357 e. The molecule has 0 aromatic carbocycles. The molecule has 0 radical (unpaired) electrons. The van der Waals surface area contributed by atoms with Gasteiger partial charge in [0.1, 0.15) is 5.82 Å². The van der Waals surface area contributed by atoms with Crippen LogP contribution in [0.2, 0.25) is 0 Å². The monoisotopic (exact) mass is 198 g/mol. The molecule has 0 aliphatic heterocycles. The fourth-order valence-electron chi connectivity index (χ4n) is 1.41. The Morgan fingerprint density at radius 1 is 1.62 bits per heavy atom. The van der Waals surface area contributed by atoms with E-state index >= 15 is 0 Å². The van der Waals surface area contributed by atoms with Gasteiger partial charge in [0.25, 0.3) is 0 Å². The third kappa shape index (κ3) is 1.97. The lowest BCUT2D eigenvalue weighted by atomic mass is 9.88. The number of anilines is 1. The molecule has 0 atom stereocenters. The van der Waals surface area contributed by atoms with Gasteiger partial charge in [0.05, 0.1) is 0 Å². The Balaban J connectivity index is 1.87. The van der Waals surface area contributed by atoms with Crippen molar-refractivity contribution in [1.29, 1.82) is 0 Å². The summed E-state index contributed by atoms with van der Waals surface area (Å²) in [6.07, 6.45) is 3.02. The molecule has 1 aromatic rings. The van der Waals surface area contributed by atoms with Gasteiger partial charge in [-0.3, -0.25) is 0 Å². The summed E-state index contributed by atoms with van der Waals surface area (Å²) < 4.78 is 4.20. The third-order valence-corrected chi connectivity index (χ3v) is 2.97. The van der Waals surface area contributed by atoms with E-state index in [0.29, 0.717) is 12.1 Å². The first-order chi connectivity index (χ1) is 6.28. The normalized spacial score (nSPS) is 26.9. The Morgan fingerprint density at radius 3 is 2.92 bits per heavy atom. The second-order valence-corrected chi connectivity index (χ2v) is 4.19. The minimum absolute atomic E-state index is 0.385. The van der Waals surface area contributed by atoms with Crippen molar-refractivity contribution in [3.63, 3.8) is 0 Å². The van der Waals surface area contributed by atoms with E-state index in [9.17, 15) is 0 Å². The molecule has 13 heavy (non-hydrogen) atoms. The standard InChI is InChI=1S/C8H14N4S/c1-2-7-11-8(13-12-7)10-6-3-5(9)4-6/h5-6H,2-4,9H2,1H3,(H,10,11,12). The number of hydrogen-bond donors (Lipinski definition) is 2. The molecule has 2 rings (SSSR count). The molecule has 1 aromatic heterocycles. The zero-order chi connectivity index (χ0) is 9.26. The van der Waals surface area contributed by atoms with E-state index in [1.54, 1.807) is 0 Å². The number of nitrogens with zero attached hydrogens (tertiary/aromatic N) is 2. The summed E-state index contributed by atoms with van der Waals surface area (Å²) in [5.74, 6) is 0.927. The van der Waals surface area contributed by atoms with Gasteiger partial charge in [0, 0.05) is 30.0 Å². The number of nitrogens with two attached hydrogens (primary N) is 1. The van der Waals surface area contributed by atoms with Crippen molar-refractivity contribution in [1.82, 2.24) is 9.36 Å². The highest BCUT2D eigenvalue weighted by Crippen LogP contribution is 2.23. The maximum absolute atomic E-state index is 5.68. The van der Waals surface area contributed by atoms with Crippen molar-refractivity contribution in [3.8, 4) is 0 Å². The van der Waals surface area contributed by atoms with Crippen LogP contribution in [0.5, 0.6) is 0 Å². The smallest absolute Gasteiger partial charge is 0.202 e. The fraction of sp³-hybridized carbons (Fsp3) is 0.750. The number of nitrogens with one attached hydrogen (secondary N) is 1. The van der Waals surface area contributed by atoms with Gasteiger partial charge in [-0.2, -0.15) is 4.37 Å². The van der Waals surface area contributed by atoms with E-state index in [0.717, 1.165) is 30.2 Å². The van der Waals surface area contributed by atoms with E-state index in [-0.39, 0.29) is 0 Å². The Morgan fingerprint density at radius 2 is 2.38 bits per heavy atom. The molecule has 1 fully saturated rings. The molecule has 0 bridgehead atoms. The zero-order valence-electron chi connectivity index (χ0n) is 7.66. The molecule has 1 heterocycles. The first-order valence-electron chi connectivity index (χ1n) is 4.62. The van der Waals surface area contributed by atoms with Gasteiger partial charge in [0.2, 0.25) is 5.13 Å². The second-order valence-electron chi connectivity index (χ2n) is 3.44. The second kappa shape index (κ2) is 3.59. The van der Waals surface area contributed by atoms with Gasteiger partial charge >= 0.3 is 0 Å². The van der Waals surface area contributed by atoms with Crippen LogP contribution < -0.4 is 11.1 Å². The molecule has 0 amide bonds. The average molecular weight is 198 g/mol. The summed E-state index contributed by atoms with van der Waals surface area (Å²) in [4.78, 5) is 4.33. The highest BCUT2D eigenvalue weighted by molar-refractivity contribution is 7.09. The molecule has 4 nitrogen and oxygen atoms in total. The molecule has 1 aliphatic rings. The lowest BCUT2D eigenvalue weighted by Crippen LogP contribution is -2.44. The average Bonchev–Trinajstić information content (AvgIpc) is 2.50. The Hall–Kier alpha value is -0.680. The van der Waals surface area contributed by atoms with Crippen LogP contribution in [0.3, 0.4) is 0 Å². The molecular formula is C8H14N4S. The number of aryl methyl sites for hydroxylation is 1. The van der Waals surface area contributed by atoms with Gasteiger partial charge in [-0.1, -0.05) is 6.92 Å². The van der Waals surface area contributed by atoms with Gasteiger partial charge < -0.3 is 11.1 Å². The van der Waals surface area contributed by atoms with Gasteiger partial charge in [-0.15, -0.1) is 0 Å². The molecule has 1 aliphatic carbocycles. The van der Waals surface area contributed by atoms with Crippen molar-refractivity contribution in [2.75, 3.05) is 5.32 Å². The van der Waals surface area contributed by atoms with Gasteiger partial charge in [-0.05, 0) is 12.8 Å². The van der Waals surface area contributed by atoms with E-state index in [2.05, 4.69) is 21.6 Å². The SMILES string of the molecule is CCc1nsc(NC2CC(N)C2)n1. The predicted octanol–water partition coefficient (Wildman–Crippen LogP) is 1.00. The van der Waals surface area contributed by atoms with Crippen LogP contribution in [0.25, 0.3) is 0 Å². The van der Waals surface area contributed by atoms with E-state index in [1.807, 2.05) is 0 Å². The predicted molar refractivity (Wildman–Crippen MR) is 53.9 cm³/mol. The van der Waals surface area contributed by atoms with E-state index < -0.39 is 0 Å². The Labute approximate surface area is 81.7 Å². The summed E-state index contributed by atoms with van der Waals surface area (Å²) in [5.41, 5.74) is 5.68. The molecule has 0 spiro atoms. The van der Waals surface area contributed by atoms with Crippen LogP contribution in [0.1, 0.15) is 25.6 Å². The van der Waals surface area contributed by atoms with Crippen LogP contribution in [0, 0.1) is 0 Å². The molecule has 1 saturated carbocycles. The van der Waals surface area contributed by atoms with E-state index in [1.165, 1.54) is 11.5 Å².